The van der Waals surface area contributed by atoms with Gasteiger partial charge >= 0.3 is 0 Å². The van der Waals surface area contributed by atoms with Crippen molar-refractivity contribution in [2.75, 3.05) is 13.2 Å². The van der Waals surface area contributed by atoms with E-state index < -0.39 is 0 Å². The summed E-state index contributed by atoms with van der Waals surface area (Å²) in [6.45, 7) is 3.74. The highest BCUT2D eigenvalue weighted by molar-refractivity contribution is 6.30. The van der Waals surface area contributed by atoms with Crippen LogP contribution in [0.5, 0.6) is 0 Å². The van der Waals surface area contributed by atoms with Gasteiger partial charge in [0.2, 0.25) is 0 Å². The molecule has 1 aromatic carbocycles. The Kier molecular flexibility index (Phi) is 5.65. The van der Waals surface area contributed by atoms with Gasteiger partial charge in [-0.1, -0.05) is 49.6 Å². The molecule has 2 heterocycles. The van der Waals surface area contributed by atoms with Crippen LogP contribution >= 0.6 is 11.6 Å². The number of pyridine rings is 1. The van der Waals surface area contributed by atoms with Gasteiger partial charge in [0, 0.05) is 28.3 Å². The molecular formula is C19H22ClNO2. The normalized spacial score (nSPS) is 21.3. The maximum absolute atomic E-state index is 5.92. The van der Waals surface area contributed by atoms with Crippen molar-refractivity contribution in [1.29, 1.82) is 0 Å². The van der Waals surface area contributed by atoms with E-state index in [-0.39, 0.29) is 6.29 Å². The number of nitrogens with zero attached hydrogens (tertiary/aromatic N) is 1. The second-order valence-corrected chi connectivity index (χ2v) is 6.43. The van der Waals surface area contributed by atoms with Crippen molar-refractivity contribution in [3.63, 3.8) is 0 Å². The zero-order chi connectivity index (χ0) is 16.1. The molecule has 23 heavy (non-hydrogen) atoms. The number of ether oxygens (including phenoxy) is 2. The summed E-state index contributed by atoms with van der Waals surface area (Å²) in [5.41, 5.74) is 2.93. The molecule has 2 aromatic rings. The maximum atomic E-state index is 5.92. The summed E-state index contributed by atoms with van der Waals surface area (Å²) in [7, 11) is 0. The van der Waals surface area contributed by atoms with Gasteiger partial charge in [0.1, 0.15) is 0 Å². The zero-order valence-electron chi connectivity index (χ0n) is 13.4. The molecule has 1 saturated heterocycles. The number of aromatic nitrogens is 1. The van der Waals surface area contributed by atoms with Gasteiger partial charge in [0.25, 0.3) is 0 Å². The minimum Gasteiger partial charge on any atom is -0.348 e. The second kappa shape index (κ2) is 7.91. The molecule has 1 aliphatic heterocycles. The predicted octanol–water partition coefficient (Wildman–Crippen LogP) is 5.25. The molecule has 0 radical (unpaired) electrons. The van der Waals surface area contributed by atoms with Crippen molar-refractivity contribution in [3.8, 4) is 11.3 Å². The lowest BCUT2D eigenvalue weighted by Crippen LogP contribution is -2.27. The molecule has 3 rings (SSSR count). The van der Waals surface area contributed by atoms with Crippen LogP contribution in [0, 0.1) is 5.92 Å². The summed E-state index contributed by atoms with van der Waals surface area (Å²) in [5, 5.41) is 0.729. The highest BCUT2D eigenvalue weighted by Crippen LogP contribution is 2.28. The fourth-order valence-corrected chi connectivity index (χ4v) is 2.86. The number of rotatable bonds is 5. The number of benzene rings is 1. The van der Waals surface area contributed by atoms with Crippen LogP contribution in [0.3, 0.4) is 0 Å². The largest absolute Gasteiger partial charge is 0.348 e. The highest BCUT2D eigenvalue weighted by atomic mass is 35.5. The summed E-state index contributed by atoms with van der Waals surface area (Å²) >= 11 is 5.92. The Balaban J connectivity index is 1.61. The van der Waals surface area contributed by atoms with Gasteiger partial charge in [-0.25, -0.2) is 0 Å². The highest BCUT2D eigenvalue weighted by Gasteiger charge is 2.23. The van der Waals surface area contributed by atoms with Crippen LogP contribution in [0.1, 0.15) is 38.0 Å². The van der Waals surface area contributed by atoms with Crippen LogP contribution in [-0.2, 0) is 9.47 Å². The van der Waals surface area contributed by atoms with Gasteiger partial charge in [0.15, 0.2) is 6.29 Å². The minimum atomic E-state index is -0.292. The van der Waals surface area contributed by atoms with Crippen molar-refractivity contribution in [1.82, 2.24) is 4.98 Å². The lowest BCUT2D eigenvalue weighted by molar-refractivity contribution is -0.206. The molecule has 4 heteroatoms. The average molecular weight is 332 g/mol. The Morgan fingerprint density at radius 1 is 1.09 bits per heavy atom. The van der Waals surface area contributed by atoms with Gasteiger partial charge in [-0.3, -0.25) is 4.98 Å². The molecule has 0 N–H and O–H groups in total. The molecule has 3 nitrogen and oxygen atoms in total. The van der Waals surface area contributed by atoms with E-state index in [1.807, 2.05) is 42.6 Å². The van der Waals surface area contributed by atoms with Crippen molar-refractivity contribution >= 4 is 11.6 Å². The van der Waals surface area contributed by atoms with Crippen LogP contribution in [0.2, 0.25) is 5.02 Å². The van der Waals surface area contributed by atoms with Crippen molar-refractivity contribution in [2.24, 2.45) is 5.92 Å². The minimum absolute atomic E-state index is 0.292. The number of hydrogen-bond acceptors (Lipinski definition) is 3. The van der Waals surface area contributed by atoms with E-state index in [0.29, 0.717) is 5.92 Å². The fraction of sp³-hybridized carbons (Fsp3) is 0.421. The molecule has 122 valence electrons. The molecule has 0 unspecified atom stereocenters. The molecule has 0 atom stereocenters. The molecule has 1 aliphatic rings. The quantitative estimate of drug-likeness (QED) is 0.749. The topological polar surface area (TPSA) is 31.4 Å². The first-order valence-corrected chi connectivity index (χ1v) is 8.59. The Hall–Kier alpha value is -1.42. The monoisotopic (exact) mass is 331 g/mol. The van der Waals surface area contributed by atoms with Crippen LogP contribution in [0.4, 0.5) is 0 Å². The van der Waals surface area contributed by atoms with E-state index in [0.717, 1.165) is 35.1 Å². The molecule has 0 spiro atoms. The third kappa shape index (κ3) is 4.31. The van der Waals surface area contributed by atoms with Crippen LogP contribution < -0.4 is 0 Å². The van der Waals surface area contributed by atoms with Crippen molar-refractivity contribution in [3.05, 3.63) is 53.2 Å². The Morgan fingerprint density at radius 2 is 1.83 bits per heavy atom. The van der Waals surface area contributed by atoms with E-state index in [9.17, 15) is 0 Å². The van der Waals surface area contributed by atoms with Gasteiger partial charge in [-0.05, 0) is 24.6 Å². The van der Waals surface area contributed by atoms with E-state index in [4.69, 9.17) is 21.1 Å². The summed E-state index contributed by atoms with van der Waals surface area (Å²) in [6, 6.07) is 11.7. The standard InChI is InChI=1S/C19H22ClNO2/c1-2-3-4-14-12-22-19(23-13-14)16-7-10-18(21-11-16)15-5-8-17(20)9-6-15/h5-11,14,19H,2-4,12-13H2,1H3. The summed E-state index contributed by atoms with van der Waals surface area (Å²) in [5.74, 6) is 0.521. The number of hydrogen-bond donors (Lipinski definition) is 0. The lowest BCUT2D eigenvalue weighted by atomic mass is 10.0. The second-order valence-electron chi connectivity index (χ2n) is 5.99. The molecule has 0 bridgehead atoms. The Bertz CT molecular complexity index is 604. The third-order valence-electron chi connectivity index (χ3n) is 4.13. The van der Waals surface area contributed by atoms with Crippen molar-refractivity contribution < 1.29 is 9.47 Å². The number of halogens is 1. The summed E-state index contributed by atoms with van der Waals surface area (Å²) in [6.07, 6.45) is 5.17. The summed E-state index contributed by atoms with van der Waals surface area (Å²) < 4.78 is 11.7. The Morgan fingerprint density at radius 3 is 2.43 bits per heavy atom. The van der Waals surface area contributed by atoms with Crippen LogP contribution in [-0.4, -0.2) is 18.2 Å². The van der Waals surface area contributed by atoms with Crippen molar-refractivity contribution in [2.45, 2.75) is 32.5 Å². The van der Waals surface area contributed by atoms with Gasteiger partial charge in [-0.15, -0.1) is 0 Å². The smallest absolute Gasteiger partial charge is 0.185 e. The van der Waals surface area contributed by atoms with Gasteiger partial charge < -0.3 is 9.47 Å². The van der Waals surface area contributed by atoms with Crippen LogP contribution in [0.25, 0.3) is 11.3 Å². The SMILES string of the molecule is CCCCC1COC(c2ccc(-c3ccc(Cl)cc3)nc2)OC1. The van der Waals surface area contributed by atoms with Gasteiger partial charge in [0.05, 0.1) is 18.9 Å². The Labute approximate surface area is 142 Å². The molecule has 1 fully saturated rings. The van der Waals surface area contributed by atoms with Crippen LogP contribution in [0.15, 0.2) is 42.6 Å². The molecular weight excluding hydrogens is 310 g/mol. The summed E-state index contributed by atoms with van der Waals surface area (Å²) in [4.78, 5) is 4.52. The first kappa shape index (κ1) is 16.4. The zero-order valence-corrected chi connectivity index (χ0v) is 14.1. The van der Waals surface area contributed by atoms with E-state index in [1.165, 1.54) is 19.3 Å². The molecule has 1 aromatic heterocycles. The first-order chi connectivity index (χ1) is 11.3. The third-order valence-corrected chi connectivity index (χ3v) is 4.38. The first-order valence-electron chi connectivity index (χ1n) is 8.21. The van der Waals surface area contributed by atoms with E-state index in [2.05, 4.69) is 11.9 Å². The van der Waals surface area contributed by atoms with E-state index >= 15 is 0 Å². The fourth-order valence-electron chi connectivity index (χ4n) is 2.73. The van der Waals surface area contributed by atoms with Gasteiger partial charge in [-0.2, -0.15) is 0 Å². The average Bonchev–Trinajstić information content (AvgIpc) is 2.61. The van der Waals surface area contributed by atoms with E-state index in [1.54, 1.807) is 0 Å². The molecule has 0 aliphatic carbocycles. The molecule has 0 amide bonds. The maximum Gasteiger partial charge on any atom is 0.185 e. The molecule has 0 saturated carbocycles. The predicted molar refractivity (Wildman–Crippen MR) is 92.3 cm³/mol. The number of unbranched alkanes of at least 4 members (excludes halogenated alkanes) is 1. The lowest BCUT2D eigenvalue weighted by Gasteiger charge is -2.29.